The van der Waals surface area contributed by atoms with Gasteiger partial charge in [-0.05, 0) is 42.3 Å². The molecule has 1 atom stereocenters. The Morgan fingerprint density at radius 2 is 1.46 bits per heavy atom. The van der Waals surface area contributed by atoms with Crippen molar-refractivity contribution in [1.29, 1.82) is 5.26 Å². The number of methoxy groups -OCH3 is 3. The Labute approximate surface area is 202 Å². The molecular formula is C27H23NO7. The molecular weight excluding hydrogens is 450 g/mol. The Morgan fingerprint density at radius 1 is 0.857 bits per heavy atom. The highest BCUT2D eigenvalue weighted by molar-refractivity contribution is 6.05. The maximum absolute atomic E-state index is 13.4. The van der Waals surface area contributed by atoms with Crippen LogP contribution in [0.4, 0.5) is 0 Å². The SMILES string of the molecule is COC(=O)C12C=C(c3ccccc3)OC(c3ccc(C#N)cc3)=C1CC(C(=O)OC)(C(=O)OC)C2. The fourth-order valence-corrected chi connectivity index (χ4v) is 4.82. The van der Waals surface area contributed by atoms with Gasteiger partial charge in [0.25, 0.3) is 0 Å². The van der Waals surface area contributed by atoms with Crippen molar-refractivity contribution in [3.63, 3.8) is 0 Å². The predicted molar refractivity (Wildman–Crippen MR) is 124 cm³/mol. The number of fused-ring (bicyclic) bond motifs is 1. The van der Waals surface area contributed by atoms with E-state index in [0.29, 0.717) is 33.8 Å². The molecule has 8 heteroatoms. The Morgan fingerprint density at radius 3 is 2.00 bits per heavy atom. The summed E-state index contributed by atoms with van der Waals surface area (Å²) in [5.41, 5.74) is -1.18. The van der Waals surface area contributed by atoms with Gasteiger partial charge in [0.05, 0.1) is 33.0 Å². The van der Waals surface area contributed by atoms with E-state index in [9.17, 15) is 19.6 Å². The summed E-state index contributed by atoms with van der Waals surface area (Å²) in [5.74, 6) is -1.61. The zero-order valence-electron chi connectivity index (χ0n) is 19.5. The van der Waals surface area contributed by atoms with Crippen molar-refractivity contribution in [2.24, 2.45) is 10.8 Å². The second-order valence-electron chi connectivity index (χ2n) is 8.36. The first-order valence-corrected chi connectivity index (χ1v) is 10.8. The summed E-state index contributed by atoms with van der Waals surface area (Å²) in [6.45, 7) is 0. The van der Waals surface area contributed by atoms with E-state index in [4.69, 9.17) is 18.9 Å². The van der Waals surface area contributed by atoms with Gasteiger partial charge in [0, 0.05) is 17.5 Å². The van der Waals surface area contributed by atoms with E-state index in [2.05, 4.69) is 6.07 Å². The molecule has 0 bridgehead atoms. The first kappa shape index (κ1) is 23.8. The molecule has 8 nitrogen and oxygen atoms in total. The normalized spacial score (nSPS) is 20.0. The van der Waals surface area contributed by atoms with Crippen molar-refractivity contribution in [2.75, 3.05) is 21.3 Å². The molecule has 4 rings (SSSR count). The lowest BCUT2D eigenvalue weighted by atomic mass is 9.76. The summed E-state index contributed by atoms with van der Waals surface area (Å²) >= 11 is 0. The largest absolute Gasteiger partial charge is 0.468 e. The lowest BCUT2D eigenvalue weighted by Gasteiger charge is -2.32. The van der Waals surface area contributed by atoms with E-state index in [0.717, 1.165) is 0 Å². The average molecular weight is 473 g/mol. The molecule has 0 saturated heterocycles. The van der Waals surface area contributed by atoms with Crippen molar-refractivity contribution in [1.82, 2.24) is 0 Å². The fourth-order valence-electron chi connectivity index (χ4n) is 4.82. The highest BCUT2D eigenvalue weighted by Gasteiger charge is 2.66. The van der Waals surface area contributed by atoms with Crippen LogP contribution in [0.25, 0.3) is 11.5 Å². The summed E-state index contributed by atoms with van der Waals surface area (Å²) in [6, 6.07) is 17.8. The Hall–Kier alpha value is -4.38. The molecule has 1 heterocycles. The van der Waals surface area contributed by atoms with Crippen LogP contribution in [-0.4, -0.2) is 39.2 Å². The van der Waals surface area contributed by atoms with Gasteiger partial charge in [0.15, 0.2) is 5.41 Å². The number of carbonyl (C=O) groups excluding carboxylic acids is 3. The molecule has 35 heavy (non-hydrogen) atoms. The van der Waals surface area contributed by atoms with Gasteiger partial charge in [-0.15, -0.1) is 0 Å². The number of nitrogens with zero attached hydrogens (tertiary/aromatic N) is 1. The van der Waals surface area contributed by atoms with Crippen molar-refractivity contribution < 1.29 is 33.3 Å². The Balaban J connectivity index is 2.02. The van der Waals surface area contributed by atoms with Gasteiger partial charge >= 0.3 is 17.9 Å². The summed E-state index contributed by atoms with van der Waals surface area (Å²) in [6.07, 6.45) is 1.18. The average Bonchev–Trinajstić information content (AvgIpc) is 3.29. The number of benzene rings is 2. The van der Waals surface area contributed by atoms with Crippen LogP contribution in [-0.2, 0) is 33.3 Å². The molecule has 1 aliphatic carbocycles. The van der Waals surface area contributed by atoms with E-state index in [1.54, 1.807) is 30.3 Å². The van der Waals surface area contributed by atoms with Crippen LogP contribution in [0, 0.1) is 22.2 Å². The molecule has 0 N–H and O–H groups in total. The van der Waals surface area contributed by atoms with Gasteiger partial charge in [-0.3, -0.25) is 14.4 Å². The maximum Gasteiger partial charge on any atom is 0.323 e. The van der Waals surface area contributed by atoms with E-state index in [-0.39, 0.29) is 12.8 Å². The summed E-state index contributed by atoms with van der Waals surface area (Å²) in [7, 11) is 3.60. The minimum Gasteiger partial charge on any atom is -0.468 e. The van der Waals surface area contributed by atoms with Gasteiger partial charge < -0.3 is 18.9 Å². The van der Waals surface area contributed by atoms with Crippen LogP contribution >= 0.6 is 0 Å². The number of ether oxygens (including phenoxy) is 4. The van der Waals surface area contributed by atoms with Gasteiger partial charge in [-0.2, -0.15) is 5.26 Å². The summed E-state index contributed by atoms with van der Waals surface area (Å²) in [4.78, 5) is 39.5. The molecule has 2 aliphatic rings. The molecule has 0 radical (unpaired) electrons. The molecule has 1 fully saturated rings. The molecule has 2 aromatic rings. The predicted octanol–water partition coefficient (Wildman–Crippen LogP) is 3.63. The Bertz CT molecular complexity index is 1270. The third-order valence-electron chi connectivity index (χ3n) is 6.50. The van der Waals surface area contributed by atoms with Crippen LogP contribution in [0.3, 0.4) is 0 Å². The molecule has 2 aromatic carbocycles. The molecule has 178 valence electrons. The minimum atomic E-state index is -1.78. The molecule has 0 spiro atoms. The summed E-state index contributed by atoms with van der Waals surface area (Å²) in [5, 5.41) is 9.20. The van der Waals surface area contributed by atoms with E-state index >= 15 is 0 Å². The Kier molecular flexibility index (Phi) is 6.18. The summed E-state index contributed by atoms with van der Waals surface area (Å²) < 4.78 is 21.5. The van der Waals surface area contributed by atoms with Crippen LogP contribution in [0.2, 0.25) is 0 Å². The molecule has 1 unspecified atom stereocenters. The smallest absolute Gasteiger partial charge is 0.323 e. The van der Waals surface area contributed by atoms with E-state index in [1.165, 1.54) is 21.3 Å². The van der Waals surface area contributed by atoms with Crippen LogP contribution in [0.15, 0.2) is 66.2 Å². The van der Waals surface area contributed by atoms with Crippen LogP contribution in [0.5, 0.6) is 0 Å². The maximum atomic E-state index is 13.4. The third kappa shape index (κ3) is 3.75. The monoisotopic (exact) mass is 473 g/mol. The number of carbonyl (C=O) groups is 3. The number of nitriles is 1. The first-order valence-electron chi connectivity index (χ1n) is 10.8. The van der Waals surface area contributed by atoms with Crippen molar-refractivity contribution >= 4 is 29.4 Å². The second-order valence-corrected chi connectivity index (χ2v) is 8.36. The number of hydrogen-bond acceptors (Lipinski definition) is 8. The fraction of sp³-hybridized carbons (Fsp3) is 0.259. The minimum absolute atomic E-state index is 0.171. The number of esters is 3. The van der Waals surface area contributed by atoms with Gasteiger partial charge in [0.2, 0.25) is 0 Å². The van der Waals surface area contributed by atoms with Crippen molar-refractivity contribution in [2.45, 2.75) is 12.8 Å². The van der Waals surface area contributed by atoms with Crippen LogP contribution < -0.4 is 0 Å². The van der Waals surface area contributed by atoms with Crippen LogP contribution in [0.1, 0.15) is 29.5 Å². The zero-order valence-corrected chi connectivity index (χ0v) is 19.5. The molecule has 0 aromatic heterocycles. The lowest BCUT2D eigenvalue weighted by Crippen LogP contribution is -2.41. The number of rotatable bonds is 5. The number of hydrogen-bond donors (Lipinski definition) is 0. The lowest BCUT2D eigenvalue weighted by molar-refractivity contribution is -0.169. The molecule has 1 aliphatic heterocycles. The van der Waals surface area contributed by atoms with E-state index in [1.807, 2.05) is 30.3 Å². The second kappa shape index (κ2) is 9.11. The highest BCUT2D eigenvalue weighted by atomic mass is 16.5. The standard InChI is InChI=1S/C27H23NO7/c1-32-23(29)26-14-21(18-7-5-4-6-8-18)35-22(19-11-9-17(15-28)10-12-19)20(26)13-27(16-26,24(30)33-2)25(31)34-3/h4-12,14H,13,16H2,1-3H3. The topological polar surface area (TPSA) is 112 Å². The molecule has 0 amide bonds. The van der Waals surface area contributed by atoms with E-state index < -0.39 is 28.7 Å². The van der Waals surface area contributed by atoms with Gasteiger partial charge in [-0.25, -0.2) is 0 Å². The van der Waals surface area contributed by atoms with Gasteiger partial charge in [-0.1, -0.05) is 30.3 Å². The van der Waals surface area contributed by atoms with Crippen molar-refractivity contribution in [3.8, 4) is 6.07 Å². The van der Waals surface area contributed by atoms with Crippen molar-refractivity contribution in [3.05, 3.63) is 82.9 Å². The quantitative estimate of drug-likeness (QED) is 0.368. The highest BCUT2D eigenvalue weighted by Crippen LogP contribution is 2.60. The zero-order chi connectivity index (χ0) is 25.2. The third-order valence-corrected chi connectivity index (χ3v) is 6.50. The first-order chi connectivity index (χ1) is 16.8. The van der Waals surface area contributed by atoms with Gasteiger partial charge in [0.1, 0.15) is 16.9 Å². The molecule has 1 saturated carbocycles.